The molecule has 0 aromatic rings. The summed E-state index contributed by atoms with van der Waals surface area (Å²) in [5, 5.41) is 9.59. The Morgan fingerprint density at radius 3 is 2.67 bits per heavy atom. The second-order valence-electron chi connectivity index (χ2n) is 4.99. The number of ether oxygens (including phenoxy) is 1. The third kappa shape index (κ3) is 1.27. The molecule has 1 heterocycles. The molecule has 1 aliphatic carbocycles. The zero-order valence-electron chi connectivity index (χ0n) is 8.08. The van der Waals surface area contributed by atoms with Crippen molar-refractivity contribution in [3.63, 3.8) is 0 Å². The first-order valence-electron chi connectivity index (χ1n) is 4.84. The highest BCUT2D eigenvalue weighted by molar-refractivity contribution is 5.00. The number of aliphatic hydroxyl groups is 1. The lowest BCUT2D eigenvalue weighted by Crippen LogP contribution is -2.38. The first-order valence-corrected chi connectivity index (χ1v) is 4.84. The molecule has 0 aromatic carbocycles. The molecule has 0 aromatic heterocycles. The van der Waals surface area contributed by atoms with E-state index in [0.29, 0.717) is 18.1 Å². The fraction of sp³-hybridized carbons (Fsp3) is 1.00. The number of aliphatic hydroxyl groups excluding tert-OH is 1. The summed E-state index contributed by atoms with van der Waals surface area (Å²) >= 11 is 0. The predicted molar refractivity (Wildman–Crippen MR) is 46.8 cm³/mol. The third-order valence-electron chi connectivity index (χ3n) is 3.49. The van der Waals surface area contributed by atoms with Gasteiger partial charge in [0.15, 0.2) is 0 Å². The molecule has 0 amide bonds. The molecule has 0 radical (unpaired) electrons. The zero-order chi connectivity index (χ0) is 8.93. The van der Waals surface area contributed by atoms with Crippen molar-refractivity contribution in [1.82, 2.24) is 0 Å². The fourth-order valence-corrected chi connectivity index (χ4v) is 2.66. The standard InChI is InChI=1S/C10H18O2/c1-6(11)7-4-8-9(12-8)5-10(7,2)3/h6-9,11H,4-5H2,1-3H3. The number of hydrogen-bond acceptors (Lipinski definition) is 2. The Morgan fingerprint density at radius 1 is 1.42 bits per heavy atom. The first-order chi connectivity index (χ1) is 5.50. The van der Waals surface area contributed by atoms with E-state index < -0.39 is 0 Å². The molecule has 1 N–H and O–H groups in total. The smallest absolute Gasteiger partial charge is 0.0847 e. The molecular weight excluding hydrogens is 152 g/mol. The maximum absolute atomic E-state index is 9.59. The molecule has 0 spiro atoms. The Morgan fingerprint density at radius 2 is 2.08 bits per heavy atom. The van der Waals surface area contributed by atoms with E-state index in [-0.39, 0.29) is 11.5 Å². The number of fused-ring (bicyclic) bond motifs is 1. The third-order valence-corrected chi connectivity index (χ3v) is 3.49. The van der Waals surface area contributed by atoms with Crippen LogP contribution in [0.3, 0.4) is 0 Å². The highest BCUT2D eigenvalue weighted by atomic mass is 16.6. The summed E-state index contributed by atoms with van der Waals surface area (Å²) in [6, 6.07) is 0. The average Bonchev–Trinajstić information content (AvgIpc) is 2.60. The van der Waals surface area contributed by atoms with Crippen molar-refractivity contribution in [3.05, 3.63) is 0 Å². The van der Waals surface area contributed by atoms with Crippen molar-refractivity contribution in [2.75, 3.05) is 0 Å². The van der Waals surface area contributed by atoms with E-state index in [1.165, 1.54) is 0 Å². The van der Waals surface area contributed by atoms with Gasteiger partial charge in [-0.3, -0.25) is 0 Å². The molecular formula is C10H18O2. The van der Waals surface area contributed by atoms with E-state index in [1.807, 2.05) is 6.92 Å². The van der Waals surface area contributed by atoms with Crippen LogP contribution in [0.4, 0.5) is 0 Å². The molecule has 0 bridgehead atoms. The van der Waals surface area contributed by atoms with Crippen LogP contribution in [0.25, 0.3) is 0 Å². The Kier molecular flexibility index (Phi) is 1.74. The van der Waals surface area contributed by atoms with Crippen molar-refractivity contribution in [1.29, 1.82) is 0 Å². The summed E-state index contributed by atoms with van der Waals surface area (Å²) in [5.41, 5.74) is 0.256. The minimum absolute atomic E-state index is 0.190. The van der Waals surface area contributed by atoms with Gasteiger partial charge in [0.05, 0.1) is 18.3 Å². The number of rotatable bonds is 1. The molecule has 2 fully saturated rings. The maximum atomic E-state index is 9.59. The van der Waals surface area contributed by atoms with Gasteiger partial charge in [0.1, 0.15) is 0 Å². The monoisotopic (exact) mass is 170 g/mol. The second-order valence-corrected chi connectivity index (χ2v) is 4.99. The molecule has 1 saturated heterocycles. The van der Waals surface area contributed by atoms with Crippen molar-refractivity contribution in [2.24, 2.45) is 11.3 Å². The Hall–Kier alpha value is -0.0800. The fourth-order valence-electron chi connectivity index (χ4n) is 2.66. The molecule has 2 heteroatoms. The summed E-state index contributed by atoms with van der Waals surface area (Å²) in [6.45, 7) is 6.37. The van der Waals surface area contributed by atoms with Gasteiger partial charge in [-0.25, -0.2) is 0 Å². The minimum Gasteiger partial charge on any atom is -0.393 e. The van der Waals surface area contributed by atoms with Crippen LogP contribution in [0, 0.1) is 11.3 Å². The van der Waals surface area contributed by atoms with E-state index in [0.717, 1.165) is 12.8 Å². The molecule has 2 nitrogen and oxygen atoms in total. The summed E-state index contributed by atoms with van der Waals surface area (Å²) in [6.07, 6.45) is 2.96. The Bertz CT molecular complexity index is 186. The van der Waals surface area contributed by atoms with E-state index in [9.17, 15) is 5.11 Å². The molecule has 1 saturated carbocycles. The van der Waals surface area contributed by atoms with Gasteiger partial charge in [-0.2, -0.15) is 0 Å². The quantitative estimate of drug-likeness (QED) is 0.606. The van der Waals surface area contributed by atoms with Gasteiger partial charge in [-0.1, -0.05) is 13.8 Å². The molecule has 4 atom stereocenters. The van der Waals surface area contributed by atoms with Gasteiger partial charge in [-0.05, 0) is 31.1 Å². The van der Waals surface area contributed by atoms with Crippen LogP contribution in [-0.4, -0.2) is 23.4 Å². The van der Waals surface area contributed by atoms with Crippen LogP contribution in [0.15, 0.2) is 0 Å². The van der Waals surface area contributed by atoms with Gasteiger partial charge in [0.25, 0.3) is 0 Å². The molecule has 1 aliphatic heterocycles. The van der Waals surface area contributed by atoms with Crippen molar-refractivity contribution in [3.8, 4) is 0 Å². The van der Waals surface area contributed by atoms with Crippen LogP contribution in [0.5, 0.6) is 0 Å². The highest BCUT2D eigenvalue weighted by Gasteiger charge is 2.52. The molecule has 12 heavy (non-hydrogen) atoms. The molecule has 2 aliphatic rings. The normalized spacial score (nSPS) is 46.5. The summed E-state index contributed by atoms with van der Waals surface area (Å²) in [5.74, 6) is 0.418. The van der Waals surface area contributed by atoms with Crippen LogP contribution < -0.4 is 0 Å². The SMILES string of the molecule is CC(O)C1CC2OC2CC1(C)C. The maximum Gasteiger partial charge on any atom is 0.0847 e. The first kappa shape index (κ1) is 8.52. The summed E-state index contributed by atoms with van der Waals surface area (Å²) in [7, 11) is 0. The molecule has 4 unspecified atom stereocenters. The average molecular weight is 170 g/mol. The summed E-state index contributed by atoms with van der Waals surface area (Å²) < 4.78 is 5.48. The Labute approximate surface area is 73.9 Å². The Balaban J connectivity index is 2.09. The molecule has 2 rings (SSSR count). The second kappa shape index (κ2) is 2.46. The zero-order valence-corrected chi connectivity index (χ0v) is 8.08. The van der Waals surface area contributed by atoms with Gasteiger partial charge in [-0.15, -0.1) is 0 Å². The van der Waals surface area contributed by atoms with Crippen LogP contribution >= 0.6 is 0 Å². The minimum atomic E-state index is -0.190. The van der Waals surface area contributed by atoms with Gasteiger partial charge < -0.3 is 9.84 Å². The van der Waals surface area contributed by atoms with E-state index >= 15 is 0 Å². The summed E-state index contributed by atoms with van der Waals surface area (Å²) in [4.78, 5) is 0. The number of hydrogen-bond donors (Lipinski definition) is 1. The van der Waals surface area contributed by atoms with Crippen LogP contribution in [0.1, 0.15) is 33.6 Å². The van der Waals surface area contributed by atoms with Crippen molar-refractivity contribution < 1.29 is 9.84 Å². The van der Waals surface area contributed by atoms with Gasteiger partial charge in [0, 0.05) is 0 Å². The molecule has 70 valence electrons. The lowest BCUT2D eigenvalue weighted by atomic mass is 9.67. The van der Waals surface area contributed by atoms with Crippen LogP contribution in [0.2, 0.25) is 0 Å². The van der Waals surface area contributed by atoms with Crippen molar-refractivity contribution in [2.45, 2.75) is 51.9 Å². The van der Waals surface area contributed by atoms with Crippen LogP contribution in [-0.2, 0) is 4.74 Å². The van der Waals surface area contributed by atoms with Crippen molar-refractivity contribution >= 4 is 0 Å². The number of epoxide rings is 1. The van der Waals surface area contributed by atoms with E-state index in [2.05, 4.69) is 13.8 Å². The lowest BCUT2D eigenvalue weighted by Gasteiger charge is -2.38. The van der Waals surface area contributed by atoms with E-state index in [4.69, 9.17) is 4.74 Å². The predicted octanol–water partition coefficient (Wildman–Crippen LogP) is 1.57. The van der Waals surface area contributed by atoms with Gasteiger partial charge >= 0.3 is 0 Å². The topological polar surface area (TPSA) is 32.8 Å². The van der Waals surface area contributed by atoms with E-state index in [1.54, 1.807) is 0 Å². The van der Waals surface area contributed by atoms with Gasteiger partial charge in [0.2, 0.25) is 0 Å². The lowest BCUT2D eigenvalue weighted by molar-refractivity contribution is 0.0255. The largest absolute Gasteiger partial charge is 0.393 e. The highest BCUT2D eigenvalue weighted by Crippen LogP contribution is 2.50.